The van der Waals surface area contributed by atoms with Crippen LogP contribution in [0.4, 0.5) is 28.1 Å². The molecule has 1 amide bonds. The smallest absolute Gasteiger partial charge is 0.410 e. The second-order valence-corrected chi connectivity index (χ2v) is 12.4. The van der Waals surface area contributed by atoms with Crippen molar-refractivity contribution in [1.82, 2.24) is 19.9 Å². The molecular formula is C27H32N8O4S. The van der Waals surface area contributed by atoms with Gasteiger partial charge >= 0.3 is 6.09 Å². The van der Waals surface area contributed by atoms with Crippen molar-refractivity contribution in [3.63, 3.8) is 0 Å². The predicted octanol–water partition coefficient (Wildman–Crippen LogP) is 3.79. The molecule has 1 aromatic carbocycles. The van der Waals surface area contributed by atoms with Crippen LogP contribution in [0, 0.1) is 11.3 Å². The lowest BCUT2D eigenvalue weighted by Gasteiger charge is -2.31. The Morgan fingerprint density at radius 2 is 2.00 bits per heavy atom. The number of hydrogen-bond acceptors (Lipinski definition) is 10. The van der Waals surface area contributed by atoms with Crippen LogP contribution < -0.4 is 14.9 Å². The molecule has 3 aromatic rings. The summed E-state index contributed by atoms with van der Waals surface area (Å²) in [7, 11) is -2.07. The van der Waals surface area contributed by atoms with Crippen LogP contribution in [0.5, 0.6) is 0 Å². The van der Waals surface area contributed by atoms with Crippen molar-refractivity contribution in [2.75, 3.05) is 34.8 Å². The van der Waals surface area contributed by atoms with Crippen molar-refractivity contribution in [2.24, 2.45) is 0 Å². The number of carbonyl (C=O) groups excluding carboxylic acids is 1. The Labute approximate surface area is 234 Å². The predicted molar refractivity (Wildman–Crippen MR) is 152 cm³/mol. The highest BCUT2D eigenvalue weighted by Gasteiger charge is 2.26. The lowest BCUT2D eigenvalue weighted by molar-refractivity contribution is 0.0224. The van der Waals surface area contributed by atoms with Crippen LogP contribution in [0.25, 0.3) is 0 Å². The number of aromatic nitrogens is 3. The van der Waals surface area contributed by atoms with Gasteiger partial charge in [-0.05, 0) is 56.5 Å². The number of carbonyl (C=O) groups is 1. The Morgan fingerprint density at radius 3 is 2.70 bits per heavy atom. The lowest BCUT2D eigenvalue weighted by Crippen LogP contribution is -2.39. The van der Waals surface area contributed by atoms with E-state index >= 15 is 0 Å². The first-order chi connectivity index (χ1) is 18.8. The van der Waals surface area contributed by atoms with Crippen LogP contribution in [0.15, 0.2) is 42.7 Å². The molecule has 0 spiro atoms. The number of nitriles is 1. The minimum absolute atomic E-state index is 0.182. The molecule has 210 valence electrons. The van der Waals surface area contributed by atoms with Gasteiger partial charge in [0.25, 0.3) is 0 Å². The Hall–Kier alpha value is -4.44. The molecule has 13 heteroatoms. The van der Waals surface area contributed by atoms with Gasteiger partial charge in [-0.25, -0.2) is 23.2 Å². The first kappa shape index (κ1) is 28.6. The molecule has 12 nitrogen and oxygen atoms in total. The average Bonchev–Trinajstić information content (AvgIpc) is 2.90. The number of nitrogens with zero attached hydrogens (tertiary/aromatic N) is 6. The van der Waals surface area contributed by atoms with Gasteiger partial charge in [0, 0.05) is 44.1 Å². The van der Waals surface area contributed by atoms with Crippen molar-refractivity contribution in [1.29, 1.82) is 5.26 Å². The summed E-state index contributed by atoms with van der Waals surface area (Å²) in [6.07, 6.45) is 4.39. The van der Waals surface area contributed by atoms with Gasteiger partial charge in [-0.2, -0.15) is 10.2 Å². The van der Waals surface area contributed by atoms with Crippen LogP contribution in [-0.2, 0) is 34.3 Å². The Kier molecular flexibility index (Phi) is 8.11. The molecule has 0 aliphatic carbocycles. The highest BCUT2D eigenvalue weighted by molar-refractivity contribution is 7.92. The standard InChI is InChI=1S/C27H32N8O4S/c1-27(2,3)39-26(36)35-12-10-18-13-22(9-8-20(18)17-35)32-25-31-16-21(14-28)23(33-25)30-15-19-7-6-11-29-24(19)34(4)40(5,37)38/h6-9,11,13,16H,10,12,15,17H2,1-5H3,(H2,30,31,32,33). The van der Waals surface area contributed by atoms with Crippen LogP contribution in [0.1, 0.15) is 43.0 Å². The summed E-state index contributed by atoms with van der Waals surface area (Å²) < 4.78 is 30.7. The zero-order valence-electron chi connectivity index (χ0n) is 23.1. The molecule has 1 aliphatic heterocycles. The quantitative estimate of drug-likeness (QED) is 0.433. The zero-order chi connectivity index (χ0) is 29.1. The zero-order valence-corrected chi connectivity index (χ0v) is 23.9. The molecule has 0 bridgehead atoms. The van der Waals surface area contributed by atoms with E-state index in [4.69, 9.17) is 4.74 Å². The monoisotopic (exact) mass is 564 g/mol. The highest BCUT2D eigenvalue weighted by Crippen LogP contribution is 2.26. The number of nitrogens with one attached hydrogen (secondary N) is 2. The molecule has 0 fully saturated rings. The van der Waals surface area contributed by atoms with Gasteiger partial charge in [0.1, 0.15) is 28.9 Å². The molecular weight excluding hydrogens is 532 g/mol. The first-order valence-corrected chi connectivity index (χ1v) is 14.4. The van der Waals surface area contributed by atoms with Gasteiger partial charge < -0.3 is 20.3 Å². The minimum atomic E-state index is -3.51. The normalized spacial score (nSPS) is 13.2. The van der Waals surface area contributed by atoms with Crippen molar-refractivity contribution >= 4 is 39.4 Å². The molecule has 1 aliphatic rings. The van der Waals surface area contributed by atoms with E-state index in [9.17, 15) is 18.5 Å². The summed E-state index contributed by atoms with van der Waals surface area (Å²) in [6, 6.07) is 11.4. The van der Waals surface area contributed by atoms with E-state index < -0.39 is 15.6 Å². The van der Waals surface area contributed by atoms with Crippen molar-refractivity contribution in [3.05, 3.63) is 65.0 Å². The summed E-state index contributed by atoms with van der Waals surface area (Å²) in [6.45, 7) is 6.75. The van der Waals surface area contributed by atoms with Gasteiger partial charge in [-0.3, -0.25) is 4.31 Å². The fourth-order valence-corrected chi connectivity index (χ4v) is 4.57. The molecule has 0 radical (unpaired) electrons. The maximum absolute atomic E-state index is 12.5. The number of sulfonamides is 1. The van der Waals surface area contributed by atoms with E-state index in [1.807, 2.05) is 39.0 Å². The van der Waals surface area contributed by atoms with E-state index in [0.29, 0.717) is 30.9 Å². The molecule has 0 unspecified atom stereocenters. The van der Waals surface area contributed by atoms with Crippen LogP contribution in [0.2, 0.25) is 0 Å². The van der Waals surface area contributed by atoms with Crippen molar-refractivity contribution in [3.8, 4) is 6.07 Å². The van der Waals surface area contributed by atoms with Gasteiger partial charge in [0.2, 0.25) is 16.0 Å². The number of hydrogen-bond donors (Lipinski definition) is 2. The summed E-state index contributed by atoms with van der Waals surface area (Å²) in [5, 5.41) is 15.9. The van der Waals surface area contributed by atoms with Crippen LogP contribution >= 0.6 is 0 Å². The summed E-state index contributed by atoms with van der Waals surface area (Å²) in [5.41, 5.74) is 3.22. The van der Waals surface area contributed by atoms with Gasteiger partial charge in [0.05, 0.1) is 12.5 Å². The maximum Gasteiger partial charge on any atom is 0.410 e. The van der Waals surface area contributed by atoms with Gasteiger partial charge in [-0.15, -0.1) is 0 Å². The Bertz CT molecular complexity index is 1560. The Morgan fingerprint density at radius 1 is 1.23 bits per heavy atom. The third kappa shape index (κ3) is 6.95. The Balaban J connectivity index is 1.48. The number of ether oxygens (including phenoxy) is 1. The fourth-order valence-electron chi connectivity index (χ4n) is 4.09. The van der Waals surface area contributed by atoms with E-state index in [1.54, 1.807) is 17.0 Å². The minimum Gasteiger partial charge on any atom is -0.444 e. The van der Waals surface area contributed by atoms with E-state index in [0.717, 1.165) is 27.4 Å². The molecule has 4 rings (SSSR count). The van der Waals surface area contributed by atoms with Gasteiger partial charge in [-0.1, -0.05) is 12.1 Å². The number of rotatable bonds is 7. The van der Waals surface area contributed by atoms with E-state index in [1.165, 1.54) is 19.4 Å². The van der Waals surface area contributed by atoms with E-state index in [-0.39, 0.29) is 30.0 Å². The number of amides is 1. The number of fused-ring (bicyclic) bond motifs is 1. The molecule has 0 saturated heterocycles. The topological polar surface area (TPSA) is 153 Å². The van der Waals surface area contributed by atoms with Crippen LogP contribution in [-0.4, -0.2) is 59.8 Å². The highest BCUT2D eigenvalue weighted by atomic mass is 32.2. The SMILES string of the molecule is CN(c1ncccc1CNc1nc(Nc2ccc3c(c2)CCN(C(=O)OC(C)(C)C)C3)ncc1C#N)S(C)(=O)=O. The lowest BCUT2D eigenvalue weighted by atomic mass is 9.99. The number of benzene rings is 1. The van der Waals surface area contributed by atoms with E-state index in [2.05, 4.69) is 31.7 Å². The second-order valence-electron chi connectivity index (χ2n) is 10.4. The van der Waals surface area contributed by atoms with Crippen LogP contribution in [0.3, 0.4) is 0 Å². The molecule has 40 heavy (non-hydrogen) atoms. The molecule has 2 N–H and O–H groups in total. The largest absolute Gasteiger partial charge is 0.444 e. The third-order valence-corrected chi connectivity index (χ3v) is 7.31. The second kappa shape index (κ2) is 11.4. The molecule has 0 atom stereocenters. The number of pyridine rings is 1. The number of anilines is 4. The maximum atomic E-state index is 12.5. The first-order valence-electron chi connectivity index (χ1n) is 12.6. The molecule has 2 aromatic heterocycles. The molecule has 3 heterocycles. The molecule has 0 saturated carbocycles. The fraction of sp³-hybridized carbons (Fsp3) is 0.370. The summed E-state index contributed by atoms with van der Waals surface area (Å²) in [5.74, 6) is 0.859. The average molecular weight is 565 g/mol. The van der Waals surface area contributed by atoms with Crippen molar-refractivity contribution in [2.45, 2.75) is 45.9 Å². The van der Waals surface area contributed by atoms with Gasteiger partial charge in [0.15, 0.2) is 0 Å². The summed E-state index contributed by atoms with van der Waals surface area (Å²) >= 11 is 0. The summed E-state index contributed by atoms with van der Waals surface area (Å²) in [4.78, 5) is 27.1. The third-order valence-electron chi connectivity index (χ3n) is 6.15. The van der Waals surface area contributed by atoms with Crippen molar-refractivity contribution < 1.29 is 17.9 Å².